The molecule has 7 rings (SSSR count). The van der Waals surface area contributed by atoms with E-state index in [1.807, 2.05) is 0 Å². The molecule has 2 aromatic heterocycles. The van der Waals surface area contributed by atoms with Crippen LogP contribution < -0.4 is 4.52 Å². The minimum Gasteiger partial charge on any atom is -0.492 e. The summed E-state index contributed by atoms with van der Waals surface area (Å²) in [7, 11) is -3.74. The topological polar surface area (TPSA) is 74.6 Å². The lowest BCUT2D eigenvalue weighted by Gasteiger charge is -2.16. The lowest BCUT2D eigenvalue weighted by atomic mass is 9.95. The van der Waals surface area contributed by atoms with Gasteiger partial charge in [0.15, 0.2) is 5.58 Å². The Labute approximate surface area is 345 Å². The van der Waals surface area contributed by atoms with E-state index in [1.165, 1.54) is 11.1 Å². The maximum absolute atomic E-state index is 7.03. The number of aromatic hydroxyl groups is 1. The predicted molar refractivity (Wildman–Crippen MR) is 246 cm³/mol. The zero-order chi connectivity index (χ0) is 41.7. The second-order valence-electron chi connectivity index (χ2n) is 16.6. The van der Waals surface area contributed by atoms with Gasteiger partial charge in [-0.3, -0.25) is 0 Å². The van der Waals surface area contributed by atoms with Gasteiger partial charge in [-0.1, -0.05) is 49.8 Å². The Morgan fingerprint density at radius 1 is 0.586 bits per heavy atom. The minimum atomic E-state index is -1.93. The zero-order valence-electron chi connectivity index (χ0n) is 36.5. The molecular weight excluding hydrogens is 758 g/mol. The van der Waals surface area contributed by atoms with Gasteiger partial charge >= 0.3 is 16.5 Å². The number of benzene rings is 5. The first-order chi connectivity index (χ1) is 27.5. The van der Waals surface area contributed by atoms with Crippen molar-refractivity contribution in [3.8, 4) is 22.6 Å². The standard InChI is InChI=1S/C50H56O6P2/c1-15-33(9)45-39(16-27(2)3)40-22-28(4)17-34(10)46(40)52-57(51-45)53-47-35(11)18-29(5)23-41(47)42-24-30(6)19-36(12)48(42)54-58-55-49-37(13)20-31(7)25-43(49)44-26-32(8)21-38(14)50(44)56-58/h16-26,33H,15H2,1-14H3/p+1. The molecule has 58 heavy (non-hydrogen) atoms. The summed E-state index contributed by atoms with van der Waals surface area (Å²) in [6.45, 7) is 29.8. The molecule has 8 heteroatoms. The smallest absolute Gasteiger partial charge is 0.492 e. The molecule has 0 amide bonds. The van der Waals surface area contributed by atoms with Crippen molar-refractivity contribution < 1.29 is 25.8 Å². The highest BCUT2D eigenvalue weighted by molar-refractivity contribution is 7.32. The van der Waals surface area contributed by atoms with E-state index in [0.717, 1.165) is 118 Å². The van der Waals surface area contributed by atoms with Crippen LogP contribution in [0.1, 0.15) is 107 Å². The SMILES string of the molecule is CCC(C)c1op([OH+]c2c(C)cc(C)cc2-c2cc(C)cc(C)c2Op2oc3c(C)cc(C)cc3c3cc(C)cc(C)c3o2)oc2c(C)cc(C)cc2c1C=C(C)C. The number of aryl methyl sites for hydroxylation is 10. The molecule has 7 aromatic rings. The number of fused-ring (bicyclic) bond motifs is 4. The summed E-state index contributed by atoms with van der Waals surface area (Å²) < 4.78 is 40.0. The Morgan fingerprint density at radius 3 is 1.59 bits per heavy atom. The van der Waals surface area contributed by atoms with Crippen molar-refractivity contribution >= 4 is 55.5 Å². The van der Waals surface area contributed by atoms with Crippen molar-refractivity contribution in [3.63, 3.8) is 0 Å². The third kappa shape index (κ3) is 8.15. The molecule has 2 unspecified atom stereocenters. The van der Waals surface area contributed by atoms with Crippen LogP contribution >= 0.6 is 16.5 Å². The molecule has 0 aliphatic heterocycles. The Balaban J connectivity index is 1.48. The number of hydrogen-bond acceptors (Lipinski definition) is 5. The van der Waals surface area contributed by atoms with Gasteiger partial charge in [0.1, 0.15) is 22.7 Å². The summed E-state index contributed by atoms with van der Waals surface area (Å²) in [5, 5.41) is 3.07. The predicted octanol–water partition coefficient (Wildman–Crippen LogP) is 17.0. The normalized spacial score (nSPS) is 12.3. The van der Waals surface area contributed by atoms with E-state index < -0.39 is 16.5 Å². The van der Waals surface area contributed by atoms with Crippen LogP contribution in [0, 0.1) is 69.2 Å². The fraction of sp³-hybridized carbons (Fsp3) is 0.320. The first-order valence-electron chi connectivity index (χ1n) is 20.2. The molecule has 302 valence electrons. The fourth-order valence-electron chi connectivity index (χ4n) is 8.14. The molecule has 0 saturated heterocycles. The van der Waals surface area contributed by atoms with Crippen LogP contribution in [-0.2, 0) is 0 Å². The second kappa shape index (κ2) is 16.3. The average Bonchev–Trinajstić information content (AvgIpc) is 3.38. The lowest BCUT2D eigenvalue weighted by Crippen LogP contribution is -1.96. The fourth-order valence-corrected chi connectivity index (χ4v) is 10.8. The lowest BCUT2D eigenvalue weighted by molar-refractivity contribution is 0.270. The highest BCUT2D eigenvalue weighted by Gasteiger charge is 2.27. The molecule has 0 spiro atoms. The third-order valence-electron chi connectivity index (χ3n) is 10.8. The van der Waals surface area contributed by atoms with Crippen LogP contribution in [0.2, 0.25) is 0 Å². The summed E-state index contributed by atoms with van der Waals surface area (Å²) in [4.78, 5) is 0. The summed E-state index contributed by atoms with van der Waals surface area (Å²) in [5.74, 6) is 2.55. The molecular formula is C50H57O6P2+. The van der Waals surface area contributed by atoms with E-state index in [0.29, 0.717) is 5.75 Å². The van der Waals surface area contributed by atoms with Crippen molar-refractivity contribution in [1.29, 1.82) is 0 Å². The molecule has 5 aromatic carbocycles. The highest BCUT2D eigenvalue weighted by atomic mass is 31.1. The van der Waals surface area contributed by atoms with E-state index in [9.17, 15) is 0 Å². The van der Waals surface area contributed by atoms with E-state index >= 15 is 0 Å². The minimum absolute atomic E-state index is 0.149. The number of hydrogen-bond donors (Lipinski definition) is 0. The summed E-state index contributed by atoms with van der Waals surface area (Å²) in [6, 6.07) is 21.7. The molecule has 0 aliphatic rings. The van der Waals surface area contributed by atoms with Gasteiger partial charge in [-0.05, 0) is 176 Å². The van der Waals surface area contributed by atoms with Crippen molar-refractivity contribution in [3.05, 3.63) is 133 Å². The van der Waals surface area contributed by atoms with Crippen LogP contribution in [0.15, 0.2) is 83.0 Å². The van der Waals surface area contributed by atoms with Gasteiger partial charge < -0.3 is 25.8 Å². The Hall–Kier alpha value is -5.02. The maximum atomic E-state index is 7.03. The molecule has 0 radical (unpaired) electrons. The quantitative estimate of drug-likeness (QED) is 0.143. The van der Waals surface area contributed by atoms with Crippen LogP contribution in [-0.4, -0.2) is 4.52 Å². The molecule has 6 nitrogen and oxygen atoms in total. The van der Waals surface area contributed by atoms with E-state index in [4.69, 9.17) is 25.8 Å². The van der Waals surface area contributed by atoms with E-state index in [-0.39, 0.29) is 5.92 Å². The van der Waals surface area contributed by atoms with Crippen LogP contribution in [0.25, 0.3) is 50.1 Å². The summed E-state index contributed by atoms with van der Waals surface area (Å²) in [5.41, 5.74) is 17.3. The Morgan fingerprint density at radius 2 is 1.05 bits per heavy atom. The first-order valence-corrected chi connectivity index (χ1v) is 22.4. The molecule has 0 aliphatic carbocycles. The Kier molecular flexibility index (Phi) is 11.6. The molecule has 0 fully saturated rings. The van der Waals surface area contributed by atoms with Crippen molar-refractivity contribution in [2.45, 2.75) is 109 Å². The highest BCUT2D eigenvalue weighted by Crippen LogP contribution is 2.50. The van der Waals surface area contributed by atoms with Gasteiger partial charge in [0.05, 0.1) is 5.56 Å². The summed E-state index contributed by atoms with van der Waals surface area (Å²) in [6.07, 6.45) is 3.14. The van der Waals surface area contributed by atoms with Gasteiger partial charge in [-0.25, -0.2) is 0 Å². The van der Waals surface area contributed by atoms with Crippen molar-refractivity contribution in [1.82, 2.24) is 0 Å². The van der Waals surface area contributed by atoms with E-state index in [1.54, 1.807) is 0 Å². The van der Waals surface area contributed by atoms with Gasteiger partial charge in [0.25, 0.3) is 5.75 Å². The van der Waals surface area contributed by atoms with Gasteiger partial charge in [0.2, 0.25) is 0 Å². The monoisotopic (exact) mass is 815 g/mol. The molecule has 2 atom stereocenters. The third-order valence-corrected chi connectivity index (χ3v) is 12.8. The van der Waals surface area contributed by atoms with Crippen LogP contribution in [0.4, 0.5) is 0 Å². The zero-order valence-corrected chi connectivity index (χ0v) is 38.3. The molecule has 0 saturated carbocycles. The van der Waals surface area contributed by atoms with Crippen LogP contribution in [0.3, 0.4) is 0 Å². The van der Waals surface area contributed by atoms with Gasteiger partial charge in [-0.15, -0.1) is 0 Å². The number of rotatable bonds is 8. The van der Waals surface area contributed by atoms with Gasteiger partial charge in [0, 0.05) is 38.8 Å². The first kappa shape index (κ1) is 41.2. The number of allylic oxidation sites excluding steroid dienone is 1. The average molecular weight is 816 g/mol. The van der Waals surface area contributed by atoms with Crippen molar-refractivity contribution in [2.75, 3.05) is 0 Å². The van der Waals surface area contributed by atoms with Crippen molar-refractivity contribution in [2.24, 2.45) is 0 Å². The molecule has 2 heterocycles. The maximum Gasteiger partial charge on any atom is 0.644 e. The van der Waals surface area contributed by atoms with Crippen LogP contribution in [0.5, 0.6) is 11.5 Å². The summed E-state index contributed by atoms with van der Waals surface area (Å²) >= 11 is 0. The van der Waals surface area contributed by atoms with E-state index in [2.05, 4.69) is 164 Å². The molecule has 1 N–H and O–H groups in total. The Bertz CT molecular complexity index is 2800. The molecule has 0 bridgehead atoms. The van der Waals surface area contributed by atoms with Gasteiger partial charge in [-0.2, -0.15) is 0 Å². The second-order valence-corrected chi connectivity index (χ2v) is 18.7. The largest absolute Gasteiger partial charge is 0.644 e.